The van der Waals surface area contributed by atoms with Crippen molar-refractivity contribution in [1.82, 2.24) is 20.0 Å². The number of likely N-dealkylation sites (tertiary alicyclic amines) is 1. The van der Waals surface area contributed by atoms with E-state index in [0.717, 1.165) is 35.5 Å². The van der Waals surface area contributed by atoms with Crippen LogP contribution in [0.4, 0.5) is 4.79 Å². The molecule has 3 heterocycles. The van der Waals surface area contributed by atoms with Gasteiger partial charge in [-0.3, -0.25) is 4.79 Å². The quantitative estimate of drug-likeness (QED) is 0.900. The fourth-order valence-electron chi connectivity index (χ4n) is 4.06. The molecule has 1 aromatic carbocycles. The van der Waals surface area contributed by atoms with E-state index in [4.69, 9.17) is 4.74 Å². The van der Waals surface area contributed by atoms with Gasteiger partial charge in [-0.25, -0.2) is 9.48 Å². The summed E-state index contributed by atoms with van der Waals surface area (Å²) in [5.74, 6) is 0.0517. The minimum absolute atomic E-state index is 0.0517. The summed E-state index contributed by atoms with van der Waals surface area (Å²) >= 11 is 0. The second kappa shape index (κ2) is 6.72. The molecule has 1 aromatic heterocycles. The van der Waals surface area contributed by atoms with Crippen molar-refractivity contribution in [3.8, 4) is 5.69 Å². The molecule has 7 heteroatoms. The first-order valence-corrected chi connectivity index (χ1v) is 9.33. The van der Waals surface area contributed by atoms with Gasteiger partial charge in [0, 0.05) is 17.8 Å². The number of alkyl carbamates (subject to hydrolysis) is 1. The molecule has 2 aliphatic rings. The van der Waals surface area contributed by atoms with Gasteiger partial charge in [-0.05, 0) is 38.8 Å². The van der Waals surface area contributed by atoms with Crippen molar-refractivity contribution in [1.29, 1.82) is 0 Å². The molecule has 4 rings (SSSR count). The zero-order chi connectivity index (χ0) is 19.0. The Balaban J connectivity index is 1.52. The standard InChI is InChI=1S/C20H24N4O3/c1-14-17(15(2)24(22-14)16-7-4-3-5-8-16)11-18(25)23-10-6-9-20(13-23)12-21-19(26)27-20/h3-5,7-8H,6,9-13H2,1-2H3,(H,21,26)/t20-/m0/s1. The lowest BCUT2D eigenvalue weighted by molar-refractivity contribution is -0.136. The second-order valence-electron chi connectivity index (χ2n) is 7.42. The number of hydrogen-bond donors (Lipinski definition) is 1. The molecule has 2 saturated heterocycles. The molecule has 142 valence electrons. The summed E-state index contributed by atoms with van der Waals surface area (Å²) in [4.78, 5) is 26.3. The van der Waals surface area contributed by atoms with E-state index in [1.165, 1.54) is 0 Å². The number of ether oxygens (including phenoxy) is 1. The maximum atomic E-state index is 13.0. The Hall–Kier alpha value is -2.83. The molecule has 2 aromatic rings. The first kappa shape index (κ1) is 17.6. The fraction of sp³-hybridized carbons (Fsp3) is 0.450. The molecule has 2 fully saturated rings. The third kappa shape index (κ3) is 3.29. The summed E-state index contributed by atoms with van der Waals surface area (Å²) in [6.07, 6.45) is 1.55. The highest BCUT2D eigenvalue weighted by Crippen LogP contribution is 2.29. The highest BCUT2D eigenvalue weighted by molar-refractivity contribution is 5.80. The molecule has 27 heavy (non-hydrogen) atoms. The smallest absolute Gasteiger partial charge is 0.407 e. The van der Waals surface area contributed by atoms with Crippen molar-refractivity contribution in [3.05, 3.63) is 47.3 Å². The number of nitrogens with zero attached hydrogens (tertiary/aromatic N) is 3. The number of hydrogen-bond acceptors (Lipinski definition) is 4. The molecule has 0 bridgehead atoms. The van der Waals surface area contributed by atoms with E-state index in [9.17, 15) is 9.59 Å². The number of carbonyl (C=O) groups excluding carboxylic acids is 2. The SMILES string of the molecule is Cc1nn(-c2ccccc2)c(C)c1CC(=O)N1CCC[C@]2(CNC(=O)O2)C1. The molecule has 0 radical (unpaired) electrons. The van der Waals surface area contributed by atoms with E-state index in [2.05, 4.69) is 10.4 Å². The van der Waals surface area contributed by atoms with Crippen LogP contribution in [0.3, 0.4) is 0 Å². The van der Waals surface area contributed by atoms with Crippen LogP contribution in [0, 0.1) is 13.8 Å². The van der Waals surface area contributed by atoms with E-state index in [1.807, 2.05) is 53.8 Å². The number of nitrogens with one attached hydrogen (secondary N) is 1. The predicted octanol–water partition coefficient (Wildman–Crippen LogP) is 2.13. The van der Waals surface area contributed by atoms with Crippen molar-refractivity contribution < 1.29 is 14.3 Å². The molecule has 0 aliphatic carbocycles. The lowest BCUT2D eigenvalue weighted by atomic mass is 9.92. The number of rotatable bonds is 3. The molecular weight excluding hydrogens is 344 g/mol. The molecule has 7 nitrogen and oxygen atoms in total. The first-order chi connectivity index (χ1) is 13.0. The average Bonchev–Trinajstić information content (AvgIpc) is 3.16. The van der Waals surface area contributed by atoms with Crippen LogP contribution in [-0.2, 0) is 16.0 Å². The van der Waals surface area contributed by atoms with Crippen molar-refractivity contribution >= 4 is 12.0 Å². The van der Waals surface area contributed by atoms with E-state index in [0.29, 0.717) is 26.1 Å². The van der Waals surface area contributed by atoms with Gasteiger partial charge in [0.1, 0.15) is 5.60 Å². The molecule has 0 saturated carbocycles. The molecule has 2 amide bonds. The van der Waals surface area contributed by atoms with Crippen LogP contribution >= 0.6 is 0 Å². The zero-order valence-electron chi connectivity index (χ0n) is 15.7. The largest absolute Gasteiger partial charge is 0.439 e. The summed E-state index contributed by atoms with van der Waals surface area (Å²) in [7, 11) is 0. The predicted molar refractivity (Wildman–Crippen MR) is 99.8 cm³/mol. The number of amides is 2. The van der Waals surface area contributed by atoms with Gasteiger partial charge in [0.05, 0.1) is 30.9 Å². The first-order valence-electron chi connectivity index (χ1n) is 9.33. The van der Waals surface area contributed by atoms with Gasteiger partial charge < -0.3 is 15.0 Å². The number of aryl methyl sites for hydroxylation is 1. The lowest BCUT2D eigenvalue weighted by Gasteiger charge is -2.38. The summed E-state index contributed by atoms with van der Waals surface area (Å²) < 4.78 is 7.36. The van der Waals surface area contributed by atoms with Gasteiger partial charge in [-0.15, -0.1) is 0 Å². The van der Waals surface area contributed by atoms with Crippen molar-refractivity contribution in [2.24, 2.45) is 0 Å². The highest BCUT2D eigenvalue weighted by Gasteiger charge is 2.44. The Morgan fingerprint density at radius 3 is 2.78 bits per heavy atom. The summed E-state index contributed by atoms with van der Waals surface area (Å²) in [6, 6.07) is 9.92. The van der Waals surface area contributed by atoms with Crippen LogP contribution in [0.2, 0.25) is 0 Å². The summed E-state index contributed by atoms with van der Waals surface area (Å²) in [5.41, 5.74) is 3.23. The van der Waals surface area contributed by atoms with E-state index in [-0.39, 0.29) is 12.0 Å². The Kier molecular flexibility index (Phi) is 4.37. The minimum atomic E-state index is -0.566. The third-order valence-electron chi connectivity index (χ3n) is 5.53. The number of carbonyl (C=O) groups is 2. The monoisotopic (exact) mass is 368 g/mol. The third-order valence-corrected chi connectivity index (χ3v) is 5.53. The fourth-order valence-corrected chi connectivity index (χ4v) is 4.06. The Bertz CT molecular complexity index is 877. The molecular formula is C20H24N4O3. The van der Waals surface area contributed by atoms with Crippen LogP contribution in [-0.4, -0.2) is 51.9 Å². The van der Waals surface area contributed by atoms with Crippen molar-refractivity contribution in [3.63, 3.8) is 0 Å². The number of benzene rings is 1. The van der Waals surface area contributed by atoms with Gasteiger partial charge in [-0.1, -0.05) is 18.2 Å². The topological polar surface area (TPSA) is 76.5 Å². The highest BCUT2D eigenvalue weighted by atomic mass is 16.6. The number of aromatic nitrogens is 2. The van der Waals surface area contributed by atoms with Gasteiger partial charge in [0.2, 0.25) is 5.91 Å². The van der Waals surface area contributed by atoms with Crippen molar-refractivity contribution in [2.75, 3.05) is 19.6 Å². The zero-order valence-corrected chi connectivity index (χ0v) is 15.7. The summed E-state index contributed by atoms with van der Waals surface area (Å²) in [6.45, 7) is 5.56. The maximum absolute atomic E-state index is 13.0. The van der Waals surface area contributed by atoms with Gasteiger partial charge in [-0.2, -0.15) is 5.10 Å². The van der Waals surface area contributed by atoms with Crippen molar-refractivity contribution in [2.45, 2.75) is 38.7 Å². The molecule has 0 unspecified atom stereocenters. The van der Waals surface area contributed by atoms with E-state index >= 15 is 0 Å². The van der Waals surface area contributed by atoms with Gasteiger partial charge >= 0.3 is 6.09 Å². The number of para-hydroxylation sites is 1. The van der Waals surface area contributed by atoms with Crippen LogP contribution in [0.5, 0.6) is 0 Å². The second-order valence-corrected chi connectivity index (χ2v) is 7.42. The van der Waals surface area contributed by atoms with Gasteiger partial charge in [0.25, 0.3) is 0 Å². The molecule has 2 aliphatic heterocycles. The van der Waals surface area contributed by atoms with Crippen LogP contribution < -0.4 is 5.32 Å². The van der Waals surface area contributed by atoms with Crippen LogP contribution in [0.25, 0.3) is 5.69 Å². The summed E-state index contributed by atoms with van der Waals surface area (Å²) in [5, 5.41) is 7.34. The van der Waals surface area contributed by atoms with E-state index in [1.54, 1.807) is 0 Å². The van der Waals surface area contributed by atoms with Crippen LogP contribution in [0.15, 0.2) is 30.3 Å². The Labute approximate surface area is 158 Å². The van der Waals surface area contributed by atoms with Crippen LogP contribution in [0.1, 0.15) is 29.8 Å². The lowest BCUT2D eigenvalue weighted by Crippen LogP contribution is -2.52. The molecule has 1 N–H and O–H groups in total. The molecule has 1 atom stereocenters. The minimum Gasteiger partial charge on any atom is -0.439 e. The Morgan fingerprint density at radius 2 is 2.07 bits per heavy atom. The normalized spacial score (nSPS) is 22.0. The Morgan fingerprint density at radius 1 is 1.30 bits per heavy atom. The molecule has 1 spiro atoms. The average molecular weight is 368 g/mol. The van der Waals surface area contributed by atoms with Gasteiger partial charge in [0.15, 0.2) is 0 Å². The van der Waals surface area contributed by atoms with E-state index < -0.39 is 5.60 Å². The maximum Gasteiger partial charge on any atom is 0.407 e. The number of piperidine rings is 1.